The molecule has 8 rings (SSSR count). The first-order chi connectivity index (χ1) is 22.6. The number of rotatable bonds is 7. The van der Waals surface area contributed by atoms with Crippen LogP contribution in [-0.4, -0.2) is 19.3 Å². The maximum absolute atomic E-state index is 16.0. The molecule has 8 aromatic rings. The van der Waals surface area contributed by atoms with Gasteiger partial charge < -0.3 is 9.13 Å². The van der Waals surface area contributed by atoms with Crippen molar-refractivity contribution in [1.82, 2.24) is 19.3 Å². The Morgan fingerprint density at radius 2 is 0.609 bits per heavy atom. The summed E-state index contributed by atoms with van der Waals surface area (Å²) in [6.45, 7) is 0. The second-order valence-corrected chi connectivity index (χ2v) is 16.3. The van der Waals surface area contributed by atoms with Gasteiger partial charge in [-0.15, -0.1) is 0 Å². The zero-order valence-electron chi connectivity index (χ0n) is 24.7. The van der Waals surface area contributed by atoms with Gasteiger partial charge in [-0.05, 0) is 24.3 Å². The van der Waals surface area contributed by atoms with E-state index in [2.05, 4.69) is 0 Å². The van der Waals surface area contributed by atoms with Gasteiger partial charge >= 0.3 is 0 Å². The number of hydrogen-bond acceptors (Lipinski definition) is 4. The number of imidazole rings is 2. The summed E-state index contributed by atoms with van der Waals surface area (Å²) in [5, 5.41) is 2.60. The largest absolute Gasteiger partial charge is 0.305 e. The summed E-state index contributed by atoms with van der Waals surface area (Å²) in [5.41, 5.74) is 3.49. The smallest absolute Gasteiger partial charge is 0.206 e. The van der Waals surface area contributed by atoms with Gasteiger partial charge in [0.15, 0.2) is 11.1 Å². The van der Waals surface area contributed by atoms with Crippen LogP contribution in [0.15, 0.2) is 170 Å². The van der Waals surface area contributed by atoms with Gasteiger partial charge in [-0.3, -0.25) is 0 Å². The normalized spacial score (nSPS) is 12.1. The molecule has 0 radical (unpaired) electrons. The Balaban J connectivity index is 1.56. The van der Waals surface area contributed by atoms with Crippen LogP contribution in [0.25, 0.3) is 22.1 Å². The van der Waals surface area contributed by atoms with Crippen LogP contribution in [0, 0.1) is 0 Å². The molecule has 0 aliphatic rings. The van der Waals surface area contributed by atoms with Crippen molar-refractivity contribution in [3.8, 4) is 0 Å². The second kappa shape index (κ2) is 11.3. The predicted molar refractivity (Wildman–Crippen MR) is 189 cm³/mol. The fourth-order valence-electron chi connectivity index (χ4n) is 6.11. The van der Waals surface area contributed by atoms with E-state index in [0.29, 0.717) is 43.4 Å². The van der Waals surface area contributed by atoms with Crippen molar-refractivity contribution in [2.24, 2.45) is 0 Å². The van der Waals surface area contributed by atoms with Crippen molar-refractivity contribution in [3.05, 3.63) is 170 Å². The summed E-state index contributed by atoms with van der Waals surface area (Å²) < 4.78 is 35.7. The van der Waals surface area contributed by atoms with Gasteiger partial charge in [0.2, 0.25) is 14.3 Å². The molecule has 0 fully saturated rings. The van der Waals surface area contributed by atoms with Crippen molar-refractivity contribution in [2.75, 3.05) is 0 Å². The van der Waals surface area contributed by atoms with Crippen molar-refractivity contribution < 1.29 is 9.13 Å². The maximum Gasteiger partial charge on any atom is 0.206 e. The van der Waals surface area contributed by atoms with Crippen molar-refractivity contribution in [2.45, 2.75) is 0 Å². The third-order valence-corrected chi connectivity index (χ3v) is 14.1. The van der Waals surface area contributed by atoms with Gasteiger partial charge in [0, 0.05) is 21.2 Å². The standard InChI is InChI=1S/C38H28N4O2P2/c43-45(29-17-5-1-6-18-29,30-19-7-2-8-20-30)37-39-33-25-13-15-27-35(33)41(37)42-36-28-16-14-26-34(36)40-38(42)46(44,31-21-9-3-10-22-31)32-23-11-4-12-24-32/h1-28H. The first kappa shape index (κ1) is 28.2. The monoisotopic (exact) mass is 634 g/mol. The van der Waals surface area contributed by atoms with Crippen LogP contribution in [0.1, 0.15) is 0 Å². The van der Waals surface area contributed by atoms with Gasteiger partial charge in [-0.2, -0.15) is 0 Å². The SMILES string of the molecule is O=P(c1ccccc1)(c1ccccc1)c1nc2ccccc2n1-n1c(P(=O)(c2ccccc2)c2ccccc2)nc2ccccc21. The van der Waals surface area contributed by atoms with Crippen LogP contribution in [0.4, 0.5) is 0 Å². The summed E-state index contributed by atoms with van der Waals surface area (Å²) in [7, 11) is -7.22. The fourth-order valence-corrected chi connectivity index (χ4v) is 11.4. The minimum absolute atomic E-state index is 0.350. The average molecular weight is 635 g/mol. The quantitative estimate of drug-likeness (QED) is 0.203. The molecule has 0 N–H and O–H groups in total. The highest BCUT2D eigenvalue weighted by atomic mass is 31.2. The molecule has 46 heavy (non-hydrogen) atoms. The Morgan fingerprint density at radius 1 is 0.348 bits per heavy atom. The van der Waals surface area contributed by atoms with E-state index in [-0.39, 0.29) is 0 Å². The van der Waals surface area contributed by atoms with Crippen molar-refractivity contribution in [3.63, 3.8) is 0 Å². The lowest BCUT2D eigenvalue weighted by molar-refractivity contribution is 0.585. The van der Waals surface area contributed by atoms with E-state index >= 15 is 9.13 Å². The van der Waals surface area contributed by atoms with E-state index in [4.69, 9.17) is 9.97 Å². The molecule has 0 aliphatic carbocycles. The van der Waals surface area contributed by atoms with Gasteiger partial charge in [0.1, 0.15) is 0 Å². The van der Waals surface area contributed by atoms with Crippen molar-refractivity contribution in [1.29, 1.82) is 0 Å². The van der Waals surface area contributed by atoms with Gasteiger partial charge in [0.25, 0.3) is 0 Å². The highest BCUT2D eigenvalue weighted by Crippen LogP contribution is 2.45. The molecule has 0 unspecified atom stereocenters. The zero-order chi connectivity index (χ0) is 31.1. The average Bonchev–Trinajstić information content (AvgIpc) is 3.71. The number of aromatic nitrogens is 4. The third kappa shape index (κ3) is 4.34. The lowest BCUT2D eigenvalue weighted by Crippen LogP contribution is -2.40. The summed E-state index contributed by atoms with van der Waals surface area (Å²) in [5.74, 6) is 0. The minimum atomic E-state index is -3.61. The Bertz CT molecular complexity index is 2160. The maximum atomic E-state index is 16.0. The van der Waals surface area contributed by atoms with E-state index in [1.54, 1.807) is 0 Å². The number of nitrogens with zero attached hydrogens (tertiary/aromatic N) is 4. The molecule has 0 saturated heterocycles. The van der Waals surface area contributed by atoms with Crippen LogP contribution < -0.4 is 32.3 Å². The third-order valence-electron chi connectivity index (χ3n) is 8.28. The van der Waals surface area contributed by atoms with Crippen LogP contribution >= 0.6 is 14.3 Å². The van der Waals surface area contributed by atoms with Crippen LogP contribution in [0.2, 0.25) is 0 Å². The van der Waals surface area contributed by atoms with Crippen LogP contribution in [-0.2, 0) is 9.13 Å². The summed E-state index contributed by atoms with van der Waals surface area (Å²) in [4.78, 5) is 10.3. The number of hydrogen-bond donors (Lipinski definition) is 0. The molecule has 8 heteroatoms. The van der Waals surface area contributed by atoms with E-state index in [1.807, 2.05) is 179 Å². The minimum Gasteiger partial charge on any atom is -0.305 e. The molecule has 0 aliphatic heterocycles. The van der Waals surface area contributed by atoms with Gasteiger partial charge in [-0.1, -0.05) is 146 Å². The predicted octanol–water partition coefficient (Wildman–Crippen LogP) is 5.98. The number of fused-ring (bicyclic) bond motifs is 2. The van der Waals surface area contributed by atoms with Crippen LogP contribution in [0.5, 0.6) is 0 Å². The molecule has 2 aromatic heterocycles. The number of benzene rings is 6. The zero-order valence-corrected chi connectivity index (χ0v) is 26.5. The Morgan fingerprint density at radius 3 is 0.913 bits per heavy atom. The molecule has 6 nitrogen and oxygen atoms in total. The van der Waals surface area contributed by atoms with E-state index in [0.717, 1.165) is 11.0 Å². The second-order valence-electron chi connectivity index (χ2n) is 11.0. The lowest BCUT2D eigenvalue weighted by atomic mass is 10.3. The molecule has 6 aromatic carbocycles. The summed E-state index contributed by atoms with van der Waals surface area (Å²) in [6.07, 6.45) is 0. The Kier molecular flexibility index (Phi) is 6.91. The Hall–Kier alpha value is -5.28. The molecule has 0 amide bonds. The molecule has 0 spiro atoms. The number of para-hydroxylation sites is 4. The first-order valence-corrected chi connectivity index (χ1v) is 18.4. The highest BCUT2D eigenvalue weighted by molar-refractivity contribution is 7.85. The molecule has 0 bridgehead atoms. The van der Waals surface area contributed by atoms with E-state index in [1.165, 1.54) is 0 Å². The molecule has 0 saturated carbocycles. The van der Waals surface area contributed by atoms with E-state index in [9.17, 15) is 0 Å². The lowest BCUT2D eigenvalue weighted by Gasteiger charge is -2.25. The summed E-state index contributed by atoms with van der Waals surface area (Å²) in [6, 6.07) is 53.5. The highest BCUT2D eigenvalue weighted by Gasteiger charge is 2.40. The molecule has 222 valence electrons. The van der Waals surface area contributed by atoms with E-state index < -0.39 is 14.3 Å². The fraction of sp³-hybridized carbons (Fsp3) is 0. The summed E-state index contributed by atoms with van der Waals surface area (Å²) >= 11 is 0. The van der Waals surface area contributed by atoms with Gasteiger partial charge in [-0.25, -0.2) is 19.3 Å². The molecular formula is C38H28N4O2P2. The van der Waals surface area contributed by atoms with Gasteiger partial charge in [0.05, 0.1) is 22.1 Å². The first-order valence-electron chi connectivity index (χ1n) is 15.0. The molecule has 0 atom stereocenters. The molecule has 2 heterocycles. The Labute approximate surface area is 266 Å². The van der Waals surface area contributed by atoms with Crippen LogP contribution in [0.3, 0.4) is 0 Å². The topological polar surface area (TPSA) is 69.8 Å². The molecular weight excluding hydrogens is 606 g/mol. The van der Waals surface area contributed by atoms with Crippen molar-refractivity contribution >= 4 is 68.7 Å².